The Hall–Kier alpha value is -4.92. The summed E-state index contributed by atoms with van der Waals surface area (Å²) < 4.78 is 6.06. The van der Waals surface area contributed by atoms with Gasteiger partial charge in [0, 0.05) is 42.3 Å². The van der Waals surface area contributed by atoms with Crippen LogP contribution in [0.3, 0.4) is 0 Å². The Bertz CT molecular complexity index is 1660. The van der Waals surface area contributed by atoms with Crippen LogP contribution in [0, 0.1) is 0 Å². The third-order valence-electron chi connectivity index (χ3n) is 8.25. The van der Waals surface area contributed by atoms with E-state index in [9.17, 15) is 19.2 Å². The first-order valence-corrected chi connectivity index (χ1v) is 14.7. The van der Waals surface area contributed by atoms with Gasteiger partial charge in [-0.3, -0.25) is 19.2 Å². The summed E-state index contributed by atoms with van der Waals surface area (Å²) in [5.74, 6) is 0.156. The molecule has 0 aliphatic carbocycles. The zero-order valence-electron chi connectivity index (χ0n) is 24.0. The quantitative estimate of drug-likeness (QED) is 0.312. The average Bonchev–Trinajstić information content (AvgIpc) is 3.78. The Labute approximate surface area is 249 Å². The van der Waals surface area contributed by atoms with Crippen molar-refractivity contribution >= 4 is 46.0 Å². The highest BCUT2D eigenvalue weighted by Gasteiger charge is 2.34. The van der Waals surface area contributed by atoms with Crippen LogP contribution < -0.4 is 10.6 Å². The van der Waals surface area contributed by atoms with E-state index in [1.807, 2.05) is 72.8 Å². The molecular weight excluding hydrogens is 544 g/mol. The van der Waals surface area contributed by atoms with Gasteiger partial charge in [-0.25, -0.2) is 0 Å². The molecule has 9 nitrogen and oxygen atoms in total. The molecule has 2 aliphatic rings. The van der Waals surface area contributed by atoms with E-state index in [-0.39, 0.29) is 30.0 Å². The highest BCUT2D eigenvalue weighted by molar-refractivity contribution is 5.99. The predicted octanol–water partition coefficient (Wildman–Crippen LogP) is 5.22. The lowest BCUT2D eigenvalue weighted by atomic mass is 10.1. The number of furan rings is 1. The fraction of sp³-hybridized carbons (Fsp3) is 0.294. The van der Waals surface area contributed by atoms with Crippen LogP contribution in [0.5, 0.6) is 0 Å². The molecule has 4 amide bonds. The number of hydrogen-bond donors (Lipinski definition) is 2. The molecule has 2 saturated heterocycles. The van der Waals surface area contributed by atoms with Crippen molar-refractivity contribution in [2.24, 2.45) is 0 Å². The molecule has 3 heterocycles. The maximum Gasteiger partial charge on any atom is 0.247 e. The lowest BCUT2D eigenvalue weighted by molar-refractivity contribution is -0.136. The monoisotopic (exact) mass is 578 g/mol. The number of likely N-dealkylation sites (tertiary alicyclic amines) is 2. The minimum absolute atomic E-state index is 0.0385. The standard InChI is InChI=1S/C34H34N4O5/c1-22(39)37-17-5-9-28(37)33(41)36-27-15-16-30-25(20-27)21-31(43-30)24-11-13-26(14-12-24)35-34(42)29-10-6-18-38(29)32(40)19-23-7-3-2-4-8-23/h2-4,7-8,11-16,20-21,28-29H,5-6,9-10,17-19H2,1H3,(H,35,42)(H,36,41)/t28-,29-/m0/s1. The van der Waals surface area contributed by atoms with Gasteiger partial charge in [0.2, 0.25) is 23.6 Å². The van der Waals surface area contributed by atoms with Crippen molar-refractivity contribution in [3.05, 3.63) is 84.4 Å². The van der Waals surface area contributed by atoms with E-state index in [2.05, 4.69) is 10.6 Å². The molecule has 9 heteroatoms. The van der Waals surface area contributed by atoms with Crippen molar-refractivity contribution in [1.82, 2.24) is 9.80 Å². The first kappa shape index (κ1) is 28.2. The van der Waals surface area contributed by atoms with Crippen molar-refractivity contribution < 1.29 is 23.6 Å². The molecule has 0 spiro atoms. The van der Waals surface area contributed by atoms with Gasteiger partial charge in [-0.2, -0.15) is 0 Å². The molecule has 0 bridgehead atoms. The second-order valence-electron chi connectivity index (χ2n) is 11.2. The first-order chi connectivity index (χ1) is 20.9. The van der Waals surface area contributed by atoms with Gasteiger partial charge in [-0.1, -0.05) is 30.3 Å². The maximum absolute atomic E-state index is 13.1. The summed E-state index contributed by atoms with van der Waals surface area (Å²) in [6.45, 7) is 2.68. The number of carbonyl (C=O) groups excluding carboxylic acids is 4. The molecule has 220 valence electrons. The van der Waals surface area contributed by atoms with Crippen LogP contribution >= 0.6 is 0 Å². The molecule has 2 aliphatic heterocycles. The van der Waals surface area contributed by atoms with E-state index >= 15 is 0 Å². The number of nitrogens with one attached hydrogen (secondary N) is 2. The minimum Gasteiger partial charge on any atom is -0.456 e. The summed E-state index contributed by atoms with van der Waals surface area (Å²) in [7, 11) is 0. The van der Waals surface area contributed by atoms with E-state index in [0.717, 1.165) is 29.4 Å². The van der Waals surface area contributed by atoms with E-state index in [1.165, 1.54) is 6.92 Å². The first-order valence-electron chi connectivity index (χ1n) is 14.7. The Kier molecular flexibility index (Phi) is 7.96. The van der Waals surface area contributed by atoms with Crippen molar-refractivity contribution in [3.63, 3.8) is 0 Å². The number of fused-ring (bicyclic) bond motifs is 1. The molecule has 43 heavy (non-hydrogen) atoms. The van der Waals surface area contributed by atoms with Crippen LogP contribution in [0.15, 0.2) is 83.3 Å². The van der Waals surface area contributed by atoms with Crippen LogP contribution in [0.2, 0.25) is 0 Å². The van der Waals surface area contributed by atoms with Crippen molar-refractivity contribution in [3.8, 4) is 11.3 Å². The van der Waals surface area contributed by atoms with Gasteiger partial charge in [-0.15, -0.1) is 0 Å². The molecule has 0 saturated carbocycles. The van der Waals surface area contributed by atoms with Gasteiger partial charge in [0.1, 0.15) is 23.4 Å². The van der Waals surface area contributed by atoms with Gasteiger partial charge >= 0.3 is 0 Å². The van der Waals surface area contributed by atoms with E-state index in [1.54, 1.807) is 15.9 Å². The lowest BCUT2D eigenvalue weighted by Gasteiger charge is -2.24. The largest absolute Gasteiger partial charge is 0.456 e. The highest BCUT2D eigenvalue weighted by atomic mass is 16.3. The number of hydrogen-bond acceptors (Lipinski definition) is 5. The fourth-order valence-corrected chi connectivity index (χ4v) is 6.06. The zero-order chi connectivity index (χ0) is 29.9. The second-order valence-corrected chi connectivity index (χ2v) is 11.2. The molecular formula is C34H34N4O5. The van der Waals surface area contributed by atoms with E-state index < -0.39 is 12.1 Å². The topological polar surface area (TPSA) is 112 Å². The van der Waals surface area contributed by atoms with Gasteiger partial charge in [0.15, 0.2) is 0 Å². The van der Waals surface area contributed by atoms with Gasteiger partial charge in [0.25, 0.3) is 0 Å². The Balaban J connectivity index is 1.09. The SMILES string of the molecule is CC(=O)N1CCC[C@H]1C(=O)Nc1ccc2oc(-c3ccc(NC(=O)[C@@H]4CCCN4C(=O)Cc4ccccc4)cc3)cc2c1. The summed E-state index contributed by atoms with van der Waals surface area (Å²) in [6, 6.07) is 23.4. The van der Waals surface area contributed by atoms with Gasteiger partial charge < -0.3 is 24.9 Å². The van der Waals surface area contributed by atoms with Crippen LogP contribution in [0.25, 0.3) is 22.3 Å². The Morgan fingerprint density at radius 2 is 1.40 bits per heavy atom. The Morgan fingerprint density at radius 3 is 2.09 bits per heavy atom. The predicted molar refractivity (Wildman–Crippen MR) is 164 cm³/mol. The molecule has 0 unspecified atom stereocenters. The van der Waals surface area contributed by atoms with Crippen LogP contribution in [-0.2, 0) is 25.6 Å². The highest BCUT2D eigenvalue weighted by Crippen LogP contribution is 2.31. The third-order valence-corrected chi connectivity index (χ3v) is 8.25. The minimum atomic E-state index is -0.486. The van der Waals surface area contributed by atoms with E-state index in [4.69, 9.17) is 4.42 Å². The number of anilines is 2. The summed E-state index contributed by atoms with van der Waals surface area (Å²) in [6.07, 6.45) is 3.20. The molecule has 6 rings (SSSR count). The molecule has 2 fully saturated rings. The van der Waals surface area contributed by atoms with Crippen LogP contribution in [0.1, 0.15) is 38.2 Å². The van der Waals surface area contributed by atoms with Crippen molar-refractivity contribution in [2.75, 3.05) is 23.7 Å². The van der Waals surface area contributed by atoms with Crippen molar-refractivity contribution in [1.29, 1.82) is 0 Å². The summed E-state index contributed by atoms with van der Waals surface area (Å²) in [5.41, 5.74) is 3.73. The fourth-order valence-electron chi connectivity index (χ4n) is 6.06. The molecule has 0 radical (unpaired) electrons. The van der Waals surface area contributed by atoms with E-state index in [0.29, 0.717) is 48.6 Å². The molecule has 3 aromatic carbocycles. The smallest absolute Gasteiger partial charge is 0.247 e. The van der Waals surface area contributed by atoms with Crippen molar-refractivity contribution in [2.45, 2.75) is 51.1 Å². The number of carbonyl (C=O) groups is 4. The third kappa shape index (κ3) is 6.16. The lowest BCUT2D eigenvalue weighted by Crippen LogP contribution is -2.43. The number of rotatable bonds is 7. The maximum atomic E-state index is 13.1. The molecule has 2 N–H and O–H groups in total. The number of amides is 4. The average molecular weight is 579 g/mol. The summed E-state index contributed by atoms with van der Waals surface area (Å²) in [5, 5.41) is 6.74. The molecule has 4 aromatic rings. The number of nitrogens with zero attached hydrogens (tertiary/aromatic N) is 2. The molecule has 2 atom stereocenters. The van der Waals surface area contributed by atoms with Crippen LogP contribution in [-0.4, -0.2) is 58.6 Å². The normalized spacial score (nSPS) is 18.2. The van der Waals surface area contributed by atoms with Gasteiger partial charge in [-0.05, 0) is 79.8 Å². The second kappa shape index (κ2) is 12.1. The number of benzene rings is 3. The Morgan fingerprint density at radius 1 is 0.767 bits per heavy atom. The van der Waals surface area contributed by atoms with Crippen LogP contribution in [0.4, 0.5) is 11.4 Å². The summed E-state index contributed by atoms with van der Waals surface area (Å²) in [4.78, 5) is 54.0. The zero-order valence-corrected chi connectivity index (χ0v) is 24.0. The van der Waals surface area contributed by atoms with Gasteiger partial charge in [0.05, 0.1) is 6.42 Å². The molecule has 1 aromatic heterocycles. The summed E-state index contributed by atoms with van der Waals surface area (Å²) >= 11 is 0.